The van der Waals surface area contributed by atoms with Gasteiger partial charge in [0, 0.05) is 25.9 Å². The number of hydrogen-bond acceptors (Lipinski definition) is 3. The Balaban J connectivity index is 1.97. The molecule has 106 valence electrons. The second-order valence-corrected chi connectivity index (χ2v) is 5.81. The van der Waals surface area contributed by atoms with Crippen LogP contribution in [-0.4, -0.2) is 35.6 Å². The Bertz CT molecular complexity index is 405. The summed E-state index contributed by atoms with van der Waals surface area (Å²) < 4.78 is 0. The van der Waals surface area contributed by atoms with Crippen molar-refractivity contribution in [2.75, 3.05) is 7.05 Å². The third-order valence-electron chi connectivity index (χ3n) is 4.49. The average molecular weight is 265 g/mol. The van der Waals surface area contributed by atoms with Crippen molar-refractivity contribution in [3.05, 3.63) is 0 Å². The van der Waals surface area contributed by atoms with Crippen LogP contribution in [0.1, 0.15) is 46.0 Å². The minimum absolute atomic E-state index is 0.0313. The van der Waals surface area contributed by atoms with Crippen LogP contribution < -0.4 is 5.32 Å². The van der Waals surface area contributed by atoms with E-state index in [0.717, 1.165) is 6.42 Å². The van der Waals surface area contributed by atoms with E-state index in [9.17, 15) is 9.59 Å². The first kappa shape index (κ1) is 14.0. The minimum Gasteiger partial charge on any atom is -0.348 e. The first-order valence-electron chi connectivity index (χ1n) is 7.14. The quantitative estimate of drug-likeness (QED) is 0.823. The van der Waals surface area contributed by atoms with E-state index in [1.807, 2.05) is 0 Å². The van der Waals surface area contributed by atoms with E-state index in [2.05, 4.69) is 24.3 Å². The monoisotopic (exact) mass is 265 g/mol. The number of carbonyl (C=O) groups excluding carboxylic acids is 2. The molecule has 1 fully saturated rings. The number of nitrogens with zero attached hydrogens (tertiary/aromatic N) is 2. The van der Waals surface area contributed by atoms with Gasteiger partial charge in [-0.3, -0.25) is 9.59 Å². The maximum atomic E-state index is 12.2. The van der Waals surface area contributed by atoms with Gasteiger partial charge in [-0.2, -0.15) is 5.10 Å². The zero-order valence-corrected chi connectivity index (χ0v) is 12.0. The van der Waals surface area contributed by atoms with Crippen LogP contribution in [-0.2, 0) is 9.59 Å². The predicted octanol–water partition coefficient (Wildman–Crippen LogP) is 1.54. The van der Waals surface area contributed by atoms with Crippen molar-refractivity contribution in [1.82, 2.24) is 10.3 Å². The van der Waals surface area contributed by atoms with E-state index in [1.165, 1.54) is 17.9 Å². The molecule has 1 saturated carbocycles. The van der Waals surface area contributed by atoms with Gasteiger partial charge in [-0.1, -0.05) is 26.7 Å². The molecule has 19 heavy (non-hydrogen) atoms. The highest BCUT2D eigenvalue weighted by Crippen LogP contribution is 2.29. The van der Waals surface area contributed by atoms with Crippen LogP contribution in [0.3, 0.4) is 0 Å². The highest BCUT2D eigenvalue weighted by Gasteiger charge is 2.30. The van der Waals surface area contributed by atoms with Crippen molar-refractivity contribution in [2.24, 2.45) is 16.9 Å². The lowest BCUT2D eigenvalue weighted by Gasteiger charge is -2.34. The molecule has 0 spiro atoms. The summed E-state index contributed by atoms with van der Waals surface area (Å²) in [7, 11) is 1.60. The van der Waals surface area contributed by atoms with Gasteiger partial charge in [0.15, 0.2) is 0 Å². The van der Waals surface area contributed by atoms with Gasteiger partial charge in [-0.05, 0) is 18.3 Å². The van der Waals surface area contributed by atoms with Crippen molar-refractivity contribution in [2.45, 2.75) is 52.0 Å². The van der Waals surface area contributed by atoms with Crippen molar-refractivity contribution in [3.63, 3.8) is 0 Å². The van der Waals surface area contributed by atoms with Gasteiger partial charge in [0.2, 0.25) is 5.91 Å². The van der Waals surface area contributed by atoms with E-state index in [4.69, 9.17) is 0 Å². The summed E-state index contributed by atoms with van der Waals surface area (Å²) in [5.41, 5.74) is 0.479. The van der Waals surface area contributed by atoms with E-state index < -0.39 is 0 Å². The van der Waals surface area contributed by atoms with Crippen molar-refractivity contribution in [3.8, 4) is 0 Å². The molecule has 5 nitrogen and oxygen atoms in total. The summed E-state index contributed by atoms with van der Waals surface area (Å²) in [6, 6.07) is 0.238. The Morgan fingerprint density at radius 2 is 2.05 bits per heavy atom. The van der Waals surface area contributed by atoms with Crippen LogP contribution in [0.2, 0.25) is 0 Å². The zero-order chi connectivity index (χ0) is 14.0. The van der Waals surface area contributed by atoms with Crippen molar-refractivity contribution in [1.29, 1.82) is 0 Å². The van der Waals surface area contributed by atoms with Crippen LogP contribution in [0.15, 0.2) is 5.10 Å². The fourth-order valence-corrected chi connectivity index (χ4v) is 2.87. The summed E-state index contributed by atoms with van der Waals surface area (Å²) >= 11 is 0. The standard InChI is InChI=1S/C14H23N3O2/c1-9-5-4-6-11(10(9)2)15-14(19)12-7-8-13(18)17(3)16-12/h9-11H,4-8H2,1-3H3,(H,15,19). The lowest BCUT2D eigenvalue weighted by molar-refractivity contribution is -0.130. The molecule has 2 amide bonds. The van der Waals surface area contributed by atoms with Gasteiger partial charge in [0.05, 0.1) is 0 Å². The second-order valence-electron chi connectivity index (χ2n) is 5.81. The molecule has 0 aromatic carbocycles. The summed E-state index contributed by atoms with van der Waals surface area (Å²) in [6.45, 7) is 4.45. The average Bonchev–Trinajstić information content (AvgIpc) is 2.38. The summed E-state index contributed by atoms with van der Waals surface area (Å²) in [4.78, 5) is 23.5. The Hall–Kier alpha value is -1.39. The molecule has 0 aromatic rings. The minimum atomic E-state index is -0.106. The maximum Gasteiger partial charge on any atom is 0.267 e. The molecule has 1 N–H and O–H groups in total. The van der Waals surface area contributed by atoms with Crippen LogP contribution in [0.4, 0.5) is 0 Å². The Morgan fingerprint density at radius 1 is 1.32 bits per heavy atom. The summed E-state index contributed by atoms with van der Waals surface area (Å²) in [5, 5.41) is 8.43. The van der Waals surface area contributed by atoms with E-state index in [0.29, 0.717) is 30.4 Å². The molecule has 1 aliphatic carbocycles. The smallest absolute Gasteiger partial charge is 0.267 e. The Morgan fingerprint density at radius 3 is 2.74 bits per heavy atom. The third-order valence-corrected chi connectivity index (χ3v) is 4.49. The molecule has 0 aromatic heterocycles. The number of nitrogens with one attached hydrogen (secondary N) is 1. The molecular formula is C14H23N3O2. The number of hydrogen-bond donors (Lipinski definition) is 1. The highest BCUT2D eigenvalue weighted by molar-refractivity contribution is 6.39. The van der Waals surface area contributed by atoms with E-state index in [-0.39, 0.29) is 17.9 Å². The van der Waals surface area contributed by atoms with E-state index >= 15 is 0 Å². The Labute approximate surface area is 114 Å². The van der Waals surface area contributed by atoms with Gasteiger partial charge < -0.3 is 5.32 Å². The van der Waals surface area contributed by atoms with Crippen molar-refractivity contribution >= 4 is 17.5 Å². The topological polar surface area (TPSA) is 61.8 Å². The van der Waals surface area contributed by atoms with Gasteiger partial charge >= 0.3 is 0 Å². The number of amides is 2. The lowest BCUT2D eigenvalue weighted by Crippen LogP contribution is -2.47. The molecule has 1 heterocycles. The van der Waals surface area contributed by atoms with Gasteiger partial charge in [0.1, 0.15) is 5.71 Å². The molecule has 0 saturated heterocycles. The molecular weight excluding hydrogens is 242 g/mol. The molecule has 0 radical (unpaired) electrons. The highest BCUT2D eigenvalue weighted by atomic mass is 16.2. The first-order chi connectivity index (χ1) is 8.99. The number of hydrazone groups is 1. The number of rotatable bonds is 2. The largest absolute Gasteiger partial charge is 0.348 e. The lowest BCUT2D eigenvalue weighted by atomic mass is 9.78. The fraction of sp³-hybridized carbons (Fsp3) is 0.786. The number of carbonyl (C=O) groups is 2. The van der Waals surface area contributed by atoms with Crippen LogP contribution >= 0.6 is 0 Å². The van der Waals surface area contributed by atoms with Crippen molar-refractivity contribution < 1.29 is 9.59 Å². The molecule has 2 rings (SSSR count). The second kappa shape index (κ2) is 5.72. The molecule has 5 heteroatoms. The normalized spacial score (nSPS) is 31.9. The summed E-state index contributed by atoms with van der Waals surface area (Å²) in [5.74, 6) is 1.01. The maximum absolute atomic E-state index is 12.2. The Kier molecular flexibility index (Phi) is 4.22. The summed E-state index contributed by atoms with van der Waals surface area (Å²) in [6.07, 6.45) is 4.28. The molecule has 0 bridgehead atoms. The first-order valence-corrected chi connectivity index (χ1v) is 7.14. The molecule has 2 aliphatic rings. The van der Waals surface area contributed by atoms with Crippen LogP contribution in [0, 0.1) is 11.8 Å². The SMILES string of the molecule is CC1CCCC(NC(=O)C2=NN(C)C(=O)CC2)C1C. The van der Waals surface area contributed by atoms with Crippen LogP contribution in [0.5, 0.6) is 0 Å². The van der Waals surface area contributed by atoms with Gasteiger partial charge in [-0.25, -0.2) is 5.01 Å². The molecule has 3 unspecified atom stereocenters. The van der Waals surface area contributed by atoms with E-state index in [1.54, 1.807) is 7.05 Å². The fourth-order valence-electron chi connectivity index (χ4n) is 2.87. The molecule has 3 atom stereocenters. The predicted molar refractivity (Wildman–Crippen MR) is 73.5 cm³/mol. The zero-order valence-electron chi connectivity index (χ0n) is 12.0. The van der Waals surface area contributed by atoms with Crippen LogP contribution in [0.25, 0.3) is 0 Å². The molecule has 1 aliphatic heterocycles. The van der Waals surface area contributed by atoms with Gasteiger partial charge in [-0.15, -0.1) is 0 Å². The van der Waals surface area contributed by atoms with Gasteiger partial charge in [0.25, 0.3) is 5.91 Å². The third kappa shape index (κ3) is 3.14.